The van der Waals surface area contributed by atoms with E-state index in [9.17, 15) is 4.79 Å². The van der Waals surface area contributed by atoms with Crippen molar-refractivity contribution in [2.24, 2.45) is 11.7 Å². The van der Waals surface area contributed by atoms with Crippen LogP contribution in [0.5, 0.6) is 0 Å². The first kappa shape index (κ1) is 13.2. The lowest BCUT2D eigenvalue weighted by molar-refractivity contribution is -0.113. The zero-order chi connectivity index (χ0) is 13.1. The standard InChI is InChI=1S/C13H19N3OS/c1-9(6-14)7-16(2)10-3-4-12-11(5-10)15-13(17)8-18-12/h3-5,9H,6-8,14H2,1-2H3,(H,15,17). The van der Waals surface area contributed by atoms with Crippen molar-refractivity contribution in [3.05, 3.63) is 18.2 Å². The Kier molecular flexibility index (Phi) is 4.14. The normalized spacial score (nSPS) is 15.8. The van der Waals surface area contributed by atoms with E-state index in [0.29, 0.717) is 18.2 Å². The molecule has 1 aliphatic heterocycles. The molecule has 98 valence electrons. The number of carbonyl (C=O) groups excluding carboxylic acids is 1. The average Bonchev–Trinajstić information content (AvgIpc) is 2.37. The molecule has 0 saturated heterocycles. The number of nitrogens with zero attached hydrogens (tertiary/aromatic N) is 1. The zero-order valence-corrected chi connectivity index (χ0v) is 11.6. The molecule has 0 saturated carbocycles. The third kappa shape index (κ3) is 2.97. The second-order valence-corrected chi connectivity index (χ2v) is 5.76. The van der Waals surface area contributed by atoms with Crippen LogP contribution in [0.1, 0.15) is 6.92 Å². The van der Waals surface area contributed by atoms with Crippen LogP contribution in [-0.2, 0) is 4.79 Å². The average molecular weight is 265 g/mol. The van der Waals surface area contributed by atoms with E-state index < -0.39 is 0 Å². The molecule has 1 aliphatic rings. The molecule has 2 rings (SSSR count). The van der Waals surface area contributed by atoms with Gasteiger partial charge in [-0.25, -0.2) is 0 Å². The molecule has 0 bridgehead atoms. The van der Waals surface area contributed by atoms with Gasteiger partial charge in [0.25, 0.3) is 0 Å². The predicted octanol–water partition coefficient (Wildman–Crippen LogP) is 1.76. The maximum absolute atomic E-state index is 11.4. The van der Waals surface area contributed by atoms with Gasteiger partial charge in [0.1, 0.15) is 0 Å². The molecular formula is C13H19N3OS. The minimum atomic E-state index is 0.0719. The van der Waals surface area contributed by atoms with Crippen LogP contribution < -0.4 is 16.0 Å². The Balaban J connectivity index is 2.15. The van der Waals surface area contributed by atoms with E-state index in [0.717, 1.165) is 22.8 Å². The van der Waals surface area contributed by atoms with Gasteiger partial charge < -0.3 is 16.0 Å². The molecule has 4 nitrogen and oxygen atoms in total. The fraction of sp³-hybridized carbons (Fsp3) is 0.462. The third-order valence-corrected chi connectivity index (χ3v) is 4.10. The minimum absolute atomic E-state index is 0.0719. The molecule has 3 N–H and O–H groups in total. The molecule has 1 heterocycles. The number of amides is 1. The van der Waals surface area contributed by atoms with E-state index >= 15 is 0 Å². The summed E-state index contributed by atoms with van der Waals surface area (Å²) in [5, 5.41) is 2.91. The van der Waals surface area contributed by atoms with Gasteiger partial charge in [0.05, 0.1) is 11.4 Å². The summed E-state index contributed by atoms with van der Waals surface area (Å²) in [6.45, 7) is 3.73. The van der Waals surface area contributed by atoms with Crippen LogP contribution >= 0.6 is 11.8 Å². The van der Waals surface area contributed by atoms with Gasteiger partial charge in [-0.1, -0.05) is 6.92 Å². The van der Waals surface area contributed by atoms with Crippen LogP contribution in [0.25, 0.3) is 0 Å². The van der Waals surface area contributed by atoms with Gasteiger partial charge in [0, 0.05) is 24.2 Å². The number of fused-ring (bicyclic) bond motifs is 1. The monoisotopic (exact) mass is 265 g/mol. The molecule has 18 heavy (non-hydrogen) atoms. The molecule has 0 spiro atoms. The molecular weight excluding hydrogens is 246 g/mol. The number of hydrogen-bond donors (Lipinski definition) is 2. The first-order valence-electron chi connectivity index (χ1n) is 6.08. The van der Waals surface area contributed by atoms with Crippen molar-refractivity contribution in [3.8, 4) is 0 Å². The van der Waals surface area contributed by atoms with Crippen LogP contribution in [-0.4, -0.2) is 31.8 Å². The number of hydrogen-bond acceptors (Lipinski definition) is 4. The van der Waals surface area contributed by atoms with Crippen LogP contribution in [0.2, 0.25) is 0 Å². The second-order valence-electron chi connectivity index (χ2n) is 4.74. The highest BCUT2D eigenvalue weighted by Crippen LogP contribution is 2.34. The first-order chi connectivity index (χ1) is 8.60. The van der Waals surface area contributed by atoms with Crippen LogP contribution in [0.15, 0.2) is 23.1 Å². The Labute approximate surface area is 112 Å². The summed E-state index contributed by atoms with van der Waals surface area (Å²) < 4.78 is 0. The summed E-state index contributed by atoms with van der Waals surface area (Å²) in [4.78, 5) is 14.7. The first-order valence-corrected chi connectivity index (χ1v) is 7.06. The van der Waals surface area contributed by atoms with E-state index in [1.165, 1.54) is 0 Å². The van der Waals surface area contributed by atoms with Gasteiger partial charge >= 0.3 is 0 Å². The fourth-order valence-corrected chi connectivity index (χ4v) is 2.74. The highest BCUT2D eigenvalue weighted by Gasteiger charge is 2.16. The number of benzene rings is 1. The molecule has 1 aromatic carbocycles. The van der Waals surface area contributed by atoms with Crippen LogP contribution in [0.3, 0.4) is 0 Å². The van der Waals surface area contributed by atoms with Crippen LogP contribution in [0, 0.1) is 5.92 Å². The SMILES string of the molecule is CC(CN)CN(C)c1ccc2c(c1)NC(=O)CS2. The Morgan fingerprint density at radius 3 is 3.06 bits per heavy atom. The lowest BCUT2D eigenvalue weighted by atomic mass is 10.1. The summed E-state index contributed by atoms with van der Waals surface area (Å²) in [6, 6.07) is 6.19. The van der Waals surface area contributed by atoms with Gasteiger partial charge in [-0.05, 0) is 30.7 Å². The Morgan fingerprint density at radius 2 is 2.33 bits per heavy atom. The predicted molar refractivity (Wildman–Crippen MR) is 77.3 cm³/mol. The van der Waals surface area contributed by atoms with E-state index in [1.54, 1.807) is 11.8 Å². The summed E-state index contributed by atoms with van der Waals surface area (Å²) in [7, 11) is 2.05. The molecule has 0 fully saturated rings. The lowest BCUT2D eigenvalue weighted by Crippen LogP contribution is -2.28. The second kappa shape index (κ2) is 5.63. The number of nitrogens with one attached hydrogen (secondary N) is 1. The van der Waals surface area contributed by atoms with Crippen molar-refractivity contribution < 1.29 is 4.79 Å². The van der Waals surface area contributed by atoms with Crippen molar-refractivity contribution in [2.75, 3.05) is 36.1 Å². The molecule has 1 aromatic rings. The van der Waals surface area contributed by atoms with Crippen molar-refractivity contribution in [1.82, 2.24) is 0 Å². The smallest absolute Gasteiger partial charge is 0.234 e. The largest absolute Gasteiger partial charge is 0.374 e. The minimum Gasteiger partial charge on any atom is -0.374 e. The quantitative estimate of drug-likeness (QED) is 0.871. The molecule has 1 unspecified atom stereocenters. The Morgan fingerprint density at radius 1 is 1.56 bits per heavy atom. The summed E-state index contributed by atoms with van der Waals surface area (Å²) >= 11 is 1.59. The molecule has 0 radical (unpaired) electrons. The topological polar surface area (TPSA) is 58.4 Å². The van der Waals surface area contributed by atoms with Gasteiger partial charge in [0.15, 0.2) is 0 Å². The van der Waals surface area contributed by atoms with E-state index in [1.807, 2.05) is 13.1 Å². The van der Waals surface area contributed by atoms with E-state index in [2.05, 4.69) is 29.3 Å². The lowest BCUT2D eigenvalue weighted by Gasteiger charge is -2.25. The van der Waals surface area contributed by atoms with Crippen LogP contribution in [0.4, 0.5) is 11.4 Å². The number of carbonyl (C=O) groups is 1. The van der Waals surface area contributed by atoms with Gasteiger partial charge in [-0.15, -0.1) is 11.8 Å². The number of nitrogens with two attached hydrogens (primary N) is 1. The number of thioether (sulfide) groups is 1. The van der Waals surface area contributed by atoms with E-state index in [-0.39, 0.29) is 5.91 Å². The van der Waals surface area contributed by atoms with Crippen molar-refractivity contribution >= 4 is 29.0 Å². The van der Waals surface area contributed by atoms with Crippen molar-refractivity contribution in [2.45, 2.75) is 11.8 Å². The number of rotatable bonds is 4. The highest BCUT2D eigenvalue weighted by molar-refractivity contribution is 8.00. The number of anilines is 2. The Hall–Kier alpha value is -1.20. The maximum atomic E-state index is 11.4. The van der Waals surface area contributed by atoms with Crippen molar-refractivity contribution in [3.63, 3.8) is 0 Å². The molecule has 0 aromatic heterocycles. The third-order valence-electron chi connectivity index (χ3n) is 3.02. The van der Waals surface area contributed by atoms with Crippen molar-refractivity contribution in [1.29, 1.82) is 0 Å². The maximum Gasteiger partial charge on any atom is 0.234 e. The van der Waals surface area contributed by atoms with Gasteiger partial charge in [0.2, 0.25) is 5.91 Å². The molecule has 5 heteroatoms. The van der Waals surface area contributed by atoms with Gasteiger partial charge in [-0.3, -0.25) is 4.79 Å². The van der Waals surface area contributed by atoms with E-state index in [4.69, 9.17) is 5.73 Å². The summed E-state index contributed by atoms with van der Waals surface area (Å²) in [5.74, 6) is 1.03. The highest BCUT2D eigenvalue weighted by atomic mass is 32.2. The molecule has 0 aliphatic carbocycles. The molecule has 1 amide bonds. The van der Waals surface area contributed by atoms with Gasteiger partial charge in [-0.2, -0.15) is 0 Å². The summed E-state index contributed by atoms with van der Waals surface area (Å²) in [5.41, 5.74) is 7.67. The fourth-order valence-electron chi connectivity index (χ4n) is 1.96. The summed E-state index contributed by atoms with van der Waals surface area (Å²) in [6.07, 6.45) is 0. The molecule has 1 atom stereocenters. The Bertz CT molecular complexity index is 450. The zero-order valence-electron chi connectivity index (χ0n) is 10.8.